The van der Waals surface area contributed by atoms with Crippen molar-refractivity contribution in [1.82, 2.24) is 0 Å². The van der Waals surface area contributed by atoms with E-state index in [1.165, 1.54) is 77.0 Å². The fraction of sp³-hybridized carbons (Fsp3) is 0.938. The first kappa shape index (κ1) is 41.0. The molecule has 0 aliphatic heterocycles. The van der Waals surface area contributed by atoms with Gasteiger partial charge in [-0.05, 0) is 12.8 Å². The molecule has 1 N–H and O–H groups in total. The Morgan fingerprint density at radius 2 is 1.07 bits per heavy atom. The lowest BCUT2D eigenvalue weighted by atomic mass is 10.0. The minimum Gasteiger partial charge on any atom is -0.462 e. The fourth-order valence-electron chi connectivity index (χ4n) is 4.42. The highest BCUT2D eigenvalue weighted by Gasteiger charge is 2.27. The van der Waals surface area contributed by atoms with E-state index in [1.807, 2.05) is 28.1 Å². The van der Waals surface area contributed by atoms with E-state index in [2.05, 4.69) is 6.92 Å². The number of rotatable bonds is 30. The first-order valence-electron chi connectivity index (χ1n) is 16.8. The Morgan fingerprint density at radius 3 is 1.57 bits per heavy atom. The number of phosphoric ester groups is 1. The Labute approximate surface area is 257 Å². The maximum absolute atomic E-state index is 12.5. The molecule has 9 nitrogen and oxygen atoms in total. The molecule has 0 aromatic heterocycles. The highest BCUT2D eigenvalue weighted by atomic mass is 31.2. The van der Waals surface area contributed by atoms with Crippen LogP contribution < -0.4 is 0 Å². The van der Waals surface area contributed by atoms with E-state index < -0.39 is 32.5 Å². The summed E-state index contributed by atoms with van der Waals surface area (Å²) in [6.45, 7) is 4.23. The topological polar surface area (TPSA) is 108 Å². The summed E-state index contributed by atoms with van der Waals surface area (Å²) in [5, 5.41) is 0. The van der Waals surface area contributed by atoms with E-state index in [0.29, 0.717) is 17.4 Å². The van der Waals surface area contributed by atoms with Crippen LogP contribution in [0.3, 0.4) is 0 Å². The molecule has 0 amide bonds. The first-order chi connectivity index (χ1) is 20.0. The Bertz CT molecular complexity index is 713. The standard InChI is InChI=1S/C32H64NO8P/c1-6-8-10-11-12-13-14-15-16-17-18-19-20-21-23-25-32(35)41-30(28-38-31(34)24-22-9-7-2)29-40-42(36,37)39-27-26-33(3,4)5/h30H,6-29H2,1-5H3/p+1. The van der Waals surface area contributed by atoms with Gasteiger partial charge in [0.1, 0.15) is 19.8 Å². The van der Waals surface area contributed by atoms with Crippen molar-refractivity contribution in [1.29, 1.82) is 0 Å². The average Bonchev–Trinajstić information content (AvgIpc) is 2.91. The van der Waals surface area contributed by atoms with E-state index in [-0.39, 0.29) is 26.1 Å². The number of hydrogen-bond acceptors (Lipinski definition) is 7. The van der Waals surface area contributed by atoms with Gasteiger partial charge in [-0.2, -0.15) is 0 Å². The zero-order valence-corrected chi connectivity index (χ0v) is 28.6. The van der Waals surface area contributed by atoms with Crippen LogP contribution in [0, 0.1) is 0 Å². The fourth-order valence-corrected chi connectivity index (χ4v) is 5.17. The number of unbranched alkanes of at least 4 members (excludes halogenated alkanes) is 16. The van der Waals surface area contributed by atoms with Crippen LogP contribution in [0.2, 0.25) is 0 Å². The normalized spacial score (nSPS) is 14.0. The number of esters is 2. The lowest BCUT2D eigenvalue weighted by molar-refractivity contribution is -0.870. The number of ether oxygens (including phenoxy) is 2. The summed E-state index contributed by atoms with van der Waals surface area (Å²) in [6.07, 6.45) is 20.9. The molecule has 250 valence electrons. The molecule has 0 aromatic rings. The highest BCUT2D eigenvalue weighted by molar-refractivity contribution is 7.47. The van der Waals surface area contributed by atoms with E-state index in [9.17, 15) is 19.0 Å². The molecule has 0 heterocycles. The molecule has 2 atom stereocenters. The van der Waals surface area contributed by atoms with Gasteiger partial charge < -0.3 is 18.9 Å². The van der Waals surface area contributed by atoms with Crippen LogP contribution in [0.15, 0.2) is 0 Å². The van der Waals surface area contributed by atoms with Crippen LogP contribution in [0.1, 0.15) is 142 Å². The van der Waals surface area contributed by atoms with E-state index in [4.69, 9.17) is 18.5 Å². The van der Waals surface area contributed by atoms with Gasteiger partial charge in [0.25, 0.3) is 0 Å². The Balaban J connectivity index is 4.26. The second-order valence-corrected chi connectivity index (χ2v) is 14.0. The summed E-state index contributed by atoms with van der Waals surface area (Å²) in [4.78, 5) is 34.5. The van der Waals surface area contributed by atoms with Gasteiger partial charge in [0.2, 0.25) is 0 Å². The maximum atomic E-state index is 12.5. The van der Waals surface area contributed by atoms with Crippen LogP contribution in [-0.2, 0) is 32.7 Å². The van der Waals surface area contributed by atoms with Crippen molar-refractivity contribution >= 4 is 19.8 Å². The quantitative estimate of drug-likeness (QED) is 0.0370. The number of likely N-dealkylation sites (N-methyl/N-ethyl adjacent to an activating group) is 1. The second kappa shape index (κ2) is 26.4. The third kappa shape index (κ3) is 29.1. The molecular formula is C32H65NO8P+. The largest absolute Gasteiger partial charge is 0.472 e. The van der Waals surface area contributed by atoms with Crippen molar-refractivity contribution in [2.24, 2.45) is 0 Å². The third-order valence-electron chi connectivity index (χ3n) is 7.14. The predicted molar refractivity (Wildman–Crippen MR) is 169 cm³/mol. The van der Waals surface area contributed by atoms with E-state index in [1.54, 1.807) is 0 Å². The van der Waals surface area contributed by atoms with Gasteiger partial charge in [-0.25, -0.2) is 4.57 Å². The molecule has 0 saturated carbocycles. The summed E-state index contributed by atoms with van der Waals surface area (Å²) < 4.78 is 33.7. The third-order valence-corrected chi connectivity index (χ3v) is 8.12. The van der Waals surface area contributed by atoms with Crippen LogP contribution >= 0.6 is 7.82 Å². The van der Waals surface area contributed by atoms with Gasteiger partial charge in [0.05, 0.1) is 27.7 Å². The van der Waals surface area contributed by atoms with Crippen molar-refractivity contribution < 1.29 is 42.1 Å². The highest BCUT2D eigenvalue weighted by Crippen LogP contribution is 2.43. The zero-order valence-electron chi connectivity index (χ0n) is 27.7. The molecule has 42 heavy (non-hydrogen) atoms. The monoisotopic (exact) mass is 622 g/mol. The minimum atomic E-state index is -4.34. The summed E-state index contributed by atoms with van der Waals surface area (Å²) in [6, 6.07) is 0. The van der Waals surface area contributed by atoms with Gasteiger partial charge in [0, 0.05) is 12.8 Å². The van der Waals surface area contributed by atoms with Crippen molar-refractivity contribution in [3.8, 4) is 0 Å². The van der Waals surface area contributed by atoms with Crippen molar-refractivity contribution in [2.45, 2.75) is 148 Å². The number of carbonyl (C=O) groups excluding carboxylic acids is 2. The number of carbonyl (C=O) groups is 2. The van der Waals surface area contributed by atoms with Gasteiger partial charge in [-0.3, -0.25) is 18.6 Å². The number of hydrogen-bond donors (Lipinski definition) is 1. The van der Waals surface area contributed by atoms with Crippen molar-refractivity contribution in [3.63, 3.8) is 0 Å². The van der Waals surface area contributed by atoms with E-state index in [0.717, 1.165) is 32.1 Å². The second-order valence-electron chi connectivity index (χ2n) is 12.6. The Morgan fingerprint density at radius 1 is 0.643 bits per heavy atom. The first-order valence-corrected chi connectivity index (χ1v) is 18.3. The van der Waals surface area contributed by atoms with Crippen LogP contribution in [-0.4, -0.2) is 74.9 Å². The molecule has 0 aromatic carbocycles. The SMILES string of the molecule is CCCCCCCCCCCCCCCCCC(=O)OC(COC(=O)CCCCC)COP(=O)(O)OCC[N+](C)(C)C. The minimum absolute atomic E-state index is 0.0351. The lowest BCUT2D eigenvalue weighted by Gasteiger charge is -2.24. The summed E-state index contributed by atoms with van der Waals surface area (Å²) >= 11 is 0. The summed E-state index contributed by atoms with van der Waals surface area (Å²) in [5.41, 5.74) is 0. The molecule has 0 fully saturated rings. The predicted octanol–water partition coefficient (Wildman–Crippen LogP) is 8.12. The molecule has 0 radical (unpaired) electrons. The smallest absolute Gasteiger partial charge is 0.462 e. The van der Waals surface area contributed by atoms with Crippen molar-refractivity contribution in [2.75, 3.05) is 47.5 Å². The van der Waals surface area contributed by atoms with E-state index >= 15 is 0 Å². The summed E-state index contributed by atoms with van der Waals surface area (Å²) in [5.74, 6) is -0.822. The molecule has 0 spiro atoms. The molecular weight excluding hydrogens is 557 g/mol. The lowest BCUT2D eigenvalue weighted by Crippen LogP contribution is -2.37. The molecule has 2 unspecified atom stereocenters. The van der Waals surface area contributed by atoms with Crippen LogP contribution in [0.25, 0.3) is 0 Å². The van der Waals surface area contributed by atoms with Crippen LogP contribution in [0.5, 0.6) is 0 Å². The number of quaternary nitrogens is 1. The molecule has 0 bridgehead atoms. The number of nitrogens with zero attached hydrogens (tertiary/aromatic N) is 1. The molecule has 0 saturated heterocycles. The van der Waals surface area contributed by atoms with Gasteiger partial charge in [0.15, 0.2) is 6.10 Å². The zero-order chi connectivity index (χ0) is 31.5. The molecule has 0 rings (SSSR count). The van der Waals surface area contributed by atoms with Gasteiger partial charge >= 0.3 is 19.8 Å². The average molecular weight is 623 g/mol. The molecule has 10 heteroatoms. The van der Waals surface area contributed by atoms with Crippen molar-refractivity contribution in [3.05, 3.63) is 0 Å². The van der Waals surface area contributed by atoms with Crippen LogP contribution in [0.4, 0.5) is 0 Å². The maximum Gasteiger partial charge on any atom is 0.472 e. The van der Waals surface area contributed by atoms with Gasteiger partial charge in [-0.1, -0.05) is 117 Å². The Hall–Kier alpha value is -0.990. The molecule has 0 aliphatic rings. The Kier molecular flexibility index (Phi) is 25.8. The molecule has 0 aliphatic carbocycles. The number of phosphoric acid groups is 1. The van der Waals surface area contributed by atoms with Gasteiger partial charge in [-0.15, -0.1) is 0 Å². The summed E-state index contributed by atoms with van der Waals surface area (Å²) in [7, 11) is 1.48.